The van der Waals surface area contributed by atoms with Gasteiger partial charge < -0.3 is 10.0 Å². The van der Waals surface area contributed by atoms with Crippen molar-refractivity contribution in [3.8, 4) is 0 Å². The molecular formula is C10H21NO. The largest absolute Gasteiger partial charge is 0.390 e. The highest BCUT2D eigenvalue weighted by atomic mass is 16.3. The van der Waals surface area contributed by atoms with E-state index >= 15 is 0 Å². The van der Waals surface area contributed by atoms with Crippen molar-refractivity contribution in [2.24, 2.45) is 0 Å². The van der Waals surface area contributed by atoms with Gasteiger partial charge in [-0.05, 0) is 33.4 Å². The Morgan fingerprint density at radius 1 is 1.17 bits per heavy atom. The Balaban J connectivity index is 2.26. The molecule has 0 aromatic heterocycles. The Labute approximate surface area is 75.6 Å². The number of nitrogens with zero attached hydrogens (tertiary/aromatic N) is 1. The summed E-state index contributed by atoms with van der Waals surface area (Å²) in [5, 5.41) is 10.1. The predicted octanol–water partition coefficient (Wildman–Crippen LogP) is 1.63. The van der Waals surface area contributed by atoms with Crippen LogP contribution in [-0.2, 0) is 0 Å². The van der Waals surface area contributed by atoms with Gasteiger partial charge in [0.15, 0.2) is 0 Å². The quantitative estimate of drug-likeness (QED) is 0.697. The summed E-state index contributed by atoms with van der Waals surface area (Å²) >= 11 is 0. The maximum atomic E-state index is 10.1. The zero-order chi connectivity index (χ0) is 9.03. The molecule has 0 unspecified atom stereocenters. The van der Waals surface area contributed by atoms with Gasteiger partial charge in [0.05, 0.1) is 5.60 Å². The standard InChI is InChI=1S/C10H21NO/c1-11(2)9-8-10(12)6-4-3-5-7-10/h12H,3-9H2,1-2H3. The monoisotopic (exact) mass is 171 g/mol. The Kier molecular flexibility index (Phi) is 3.53. The molecule has 0 bridgehead atoms. The van der Waals surface area contributed by atoms with Crippen LogP contribution in [0.15, 0.2) is 0 Å². The SMILES string of the molecule is CN(C)CCC1(O)CCCCC1. The highest BCUT2D eigenvalue weighted by Crippen LogP contribution is 2.30. The maximum absolute atomic E-state index is 10.1. The molecule has 2 heteroatoms. The zero-order valence-electron chi connectivity index (χ0n) is 8.34. The van der Waals surface area contributed by atoms with E-state index in [1.54, 1.807) is 0 Å². The molecule has 72 valence electrons. The molecule has 1 aliphatic carbocycles. The van der Waals surface area contributed by atoms with Crippen LogP contribution in [0.2, 0.25) is 0 Å². The summed E-state index contributed by atoms with van der Waals surface area (Å²) in [7, 11) is 4.12. The van der Waals surface area contributed by atoms with E-state index in [1.807, 2.05) is 0 Å². The molecule has 0 aromatic rings. The number of rotatable bonds is 3. The van der Waals surface area contributed by atoms with Gasteiger partial charge in [0.1, 0.15) is 0 Å². The fourth-order valence-electron chi connectivity index (χ4n) is 1.89. The second kappa shape index (κ2) is 4.24. The Morgan fingerprint density at radius 2 is 1.75 bits per heavy atom. The first kappa shape index (κ1) is 10.0. The minimum absolute atomic E-state index is 0.331. The average molecular weight is 171 g/mol. The van der Waals surface area contributed by atoms with E-state index in [0.29, 0.717) is 0 Å². The van der Waals surface area contributed by atoms with Crippen molar-refractivity contribution in [1.29, 1.82) is 0 Å². The summed E-state index contributed by atoms with van der Waals surface area (Å²) < 4.78 is 0. The zero-order valence-corrected chi connectivity index (χ0v) is 8.34. The lowest BCUT2D eigenvalue weighted by Gasteiger charge is -2.32. The summed E-state index contributed by atoms with van der Waals surface area (Å²) in [5.41, 5.74) is -0.331. The maximum Gasteiger partial charge on any atom is 0.0660 e. The average Bonchev–Trinajstić information content (AvgIpc) is 2.03. The smallest absolute Gasteiger partial charge is 0.0660 e. The molecule has 12 heavy (non-hydrogen) atoms. The van der Waals surface area contributed by atoms with Gasteiger partial charge in [-0.25, -0.2) is 0 Å². The third-order valence-electron chi connectivity index (χ3n) is 2.81. The number of hydrogen-bond acceptors (Lipinski definition) is 2. The van der Waals surface area contributed by atoms with E-state index in [-0.39, 0.29) is 5.60 Å². The Morgan fingerprint density at radius 3 is 2.25 bits per heavy atom. The molecule has 0 amide bonds. The molecule has 2 nitrogen and oxygen atoms in total. The Bertz CT molecular complexity index is 128. The molecule has 0 heterocycles. The molecule has 0 aromatic carbocycles. The first-order chi connectivity index (χ1) is 5.62. The van der Waals surface area contributed by atoms with Gasteiger partial charge in [-0.3, -0.25) is 0 Å². The van der Waals surface area contributed by atoms with E-state index in [1.165, 1.54) is 19.3 Å². The molecule has 1 fully saturated rings. The van der Waals surface area contributed by atoms with Crippen LogP contribution in [0.4, 0.5) is 0 Å². The van der Waals surface area contributed by atoms with Crippen LogP contribution in [0, 0.1) is 0 Å². The lowest BCUT2D eigenvalue weighted by Crippen LogP contribution is -2.34. The molecular weight excluding hydrogens is 150 g/mol. The molecule has 0 atom stereocenters. The van der Waals surface area contributed by atoms with Crippen molar-refractivity contribution in [2.75, 3.05) is 20.6 Å². The molecule has 0 aliphatic heterocycles. The molecule has 0 radical (unpaired) electrons. The number of aliphatic hydroxyl groups is 1. The molecule has 0 spiro atoms. The highest BCUT2D eigenvalue weighted by Gasteiger charge is 2.28. The third kappa shape index (κ3) is 3.11. The van der Waals surface area contributed by atoms with E-state index < -0.39 is 0 Å². The summed E-state index contributed by atoms with van der Waals surface area (Å²) in [6.07, 6.45) is 6.71. The van der Waals surface area contributed by atoms with Crippen LogP contribution in [0.25, 0.3) is 0 Å². The third-order valence-corrected chi connectivity index (χ3v) is 2.81. The summed E-state index contributed by atoms with van der Waals surface area (Å²) in [5.74, 6) is 0. The predicted molar refractivity (Wildman–Crippen MR) is 51.2 cm³/mol. The van der Waals surface area contributed by atoms with Gasteiger partial charge >= 0.3 is 0 Å². The minimum atomic E-state index is -0.331. The van der Waals surface area contributed by atoms with E-state index in [0.717, 1.165) is 25.8 Å². The van der Waals surface area contributed by atoms with Crippen LogP contribution in [0.1, 0.15) is 38.5 Å². The second-order valence-electron chi connectivity index (χ2n) is 4.34. The summed E-state index contributed by atoms with van der Waals surface area (Å²) in [4.78, 5) is 2.15. The van der Waals surface area contributed by atoms with Crippen LogP contribution < -0.4 is 0 Å². The van der Waals surface area contributed by atoms with Crippen LogP contribution in [0.3, 0.4) is 0 Å². The molecule has 0 saturated heterocycles. The molecule has 1 saturated carbocycles. The van der Waals surface area contributed by atoms with E-state index in [2.05, 4.69) is 19.0 Å². The van der Waals surface area contributed by atoms with Gasteiger partial charge in [-0.1, -0.05) is 19.3 Å². The lowest BCUT2D eigenvalue weighted by molar-refractivity contribution is -0.00856. The fraction of sp³-hybridized carbons (Fsp3) is 1.00. The molecule has 1 N–H and O–H groups in total. The van der Waals surface area contributed by atoms with Gasteiger partial charge in [-0.15, -0.1) is 0 Å². The molecule has 1 aliphatic rings. The van der Waals surface area contributed by atoms with Crippen molar-refractivity contribution in [2.45, 2.75) is 44.1 Å². The van der Waals surface area contributed by atoms with Gasteiger partial charge in [-0.2, -0.15) is 0 Å². The first-order valence-corrected chi connectivity index (χ1v) is 4.99. The van der Waals surface area contributed by atoms with Gasteiger partial charge in [0, 0.05) is 6.54 Å². The summed E-state index contributed by atoms with van der Waals surface area (Å²) in [6, 6.07) is 0. The Hall–Kier alpha value is -0.0800. The van der Waals surface area contributed by atoms with Crippen molar-refractivity contribution >= 4 is 0 Å². The highest BCUT2D eigenvalue weighted by molar-refractivity contribution is 4.82. The second-order valence-corrected chi connectivity index (χ2v) is 4.34. The van der Waals surface area contributed by atoms with Crippen LogP contribution >= 0.6 is 0 Å². The number of hydrogen-bond donors (Lipinski definition) is 1. The van der Waals surface area contributed by atoms with E-state index in [4.69, 9.17) is 0 Å². The van der Waals surface area contributed by atoms with Gasteiger partial charge in [0.2, 0.25) is 0 Å². The first-order valence-electron chi connectivity index (χ1n) is 4.99. The topological polar surface area (TPSA) is 23.5 Å². The van der Waals surface area contributed by atoms with Crippen molar-refractivity contribution in [3.05, 3.63) is 0 Å². The van der Waals surface area contributed by atoms with E-state index in [9.17, 15) is 5.11 Å². The van der Waals surface area contributed by atoms with Gasteiger partial charge in [0.25, 0.3) is 0 Å². The summed E-state index contributed by atoms with van der Waals surface area (Å²) in [6.45, 7) is 1.01. The molecule has 1 rings (SSSR count). The van der Waals surface area contributed by atoms with Crippen molar-refractivity contribution in [3.63, 3.8) is 0 Å². The van der Waals surface area contributed by atoms with Crippen LogP contribution in [-0.4, -0.2) is 36.2 Å². The fourth-order valence-corrected chi connectivity index (χ4v) is 1.89. The lowest BCUT2D eigenvalue weighted by atomic mass is 9.82. The van der Waals surface area contributed by atoms with Crippen molar-refractivity contribution in [1.82, 2.24) is 4.90 Å². The van der Waals surface area contributed by atoms with Crippen LogP contribution in [0.5, 0.6) is 0 Å². The normalized spacial score (nSPS) is 23.0. The van der Waals surface area contributed by atoms with Crippen molar-refractivity contribution < 1.29 is 5.11 Å². The minimum Gasteiger partial charge on any atom is -0.390 e.